The van der Waals surface area contributed by atoms with Gasteiger partial charge in [-0.05, 0) is 47.6 Å². The predicted molar refractivity (Wildman–Crippen MR) is 93.1 cm³/mol. The number of aryl methyl sites for hydroxylation is 3. The van der Waals surface area contributed by atoms with E-state index in [0.717, 1.165) is 28.3 Å². The molecule has 0 radical (unpaired) electrons. The van der Waals surface area contributed by atoms with Crippen LogP contribution < -0.4 is 11.1 Å². The number of nitrogens with zero attached hydrogens (tertiary/aromatic N) is 4. The van der Waals surface area contributed by atoms with E-state index >= 15 is 0 Å². The van der Waals surface area contributed by atoms with Crippen LogP contribution in [0, 0.1) is 27.7 Å². The van der Waals surface area contributed by atoms with Crippen LogP contribution in [0.15, 0.2) is 6.07 Å². The summed E-state index contributed by atoms with van der Waals surface area (Å²) < 4.78 is 1.70. The van der Waals surface area contributed by atoms with Gasteiger partial charge in [0.2, 0.25) is 5.91 Å². The Morgan fingerprint density at radius 2 is 1.79 bits per heavy atom. The molecule has 0 saturated heterocycles. The standard InChI is InChI=1S/C17H26N6O/c1-10-7-11(2)21-16(20-10)23-13(4)14(12(3)22-23)8-15(24)19-9-17(5,6)18/h7H,8-9,18H2,1-6H3,(H,19,24). The molecule has 1 amide bonds. The molecule has 0 bridgehead atoms. The van der Waals surface area contributed by atoms with Crippen LogP contribution in [0.2, 0.25) is 0 Å². The number of aromatic nitrogens is 4. The average molecular weight is 330 g/mol. The second kappa shape index (κ2) is 6.68. The van der Waals surface area contributed by atoms with Crippen molar-refractivity contribution < 1.29 is 4.79 Å². The van der Waals surface area contributed by atoms with Gasteiger partial charge in [0.15, 0.2) is 0 Å². The summed E-state index contributed by atoms with van der Waals surface area (Å²) in [6.45, 7) is 11.8. The minimum Gasteiger partial charge on any atom is -0.354 e. The molecule has 2 rings (SSSR count). The first-order valence-electron chi connectivity index (χ1n) is 8.00. The lowest BCUT2D eigenvalue weighted by atomic mass is 10.1. The molecule has 0 fully saturated rings. The normalized spacial score (nSPS) is 11.6. The molecular weight excluding hydrogens is 304 g/mol. The molecule has 2 heterocycles. The summed E-state index contributed by atoms with van der Waals surface area (Å²) in [6, 6.07) is 1.91. The molecule has 0 aliphatic heterocycles. The van der Waals surface area contributed by atoms with Gasteiger partial charge in [-0.2, -0.15) is 5.10 Å². The number of nitrogens with two attached hydrogens (primary N) is 1. The Labute approximate surface area is 142 Å². The van der Waals surface area contributed by atoms with Gasteiger partial charge in [0, 0.05) is 34.7 Å². The quantitative estimate of drug-likeness (QED) is 0.861. The largest absolute Gasteiger partial charge is 0.354 e. The Kier molecular flexibility index (Phi) is 5.03. The van der Waals surface area contributed by atoms with Crippen LogP contribution >= 0.6 is 0 Å². The molecule has 0 saturated carbocycles. The Hall–Kier alpha value is -2.28. The molecule has 0 aliphatic carbocycles. The zero-order valence-corrected chi connectivity index (χ0v) is 15.3. The maximum atomic E-state index is 12.2. The van der Waals surface area contributed by atoms with Crippen molar-refractivity contribution in [3.8, 4) is 5.95 Å². The molecule has 2 aromatic heterocycles. The van der Waals surface area contributed by atoms with Gasteiger partial charge in [0.1, 0.15) is 0 Å². The first-order valence-corrected chi connectivity index (χ1v) is 8.00. The SMILES string of the molecule is Cc1cc(C)nc(-n2nc(C)c(CC(=O)NCC(C)(C)N)c2C)n1. The van der Waals surface area contributed by atoms with Crippen LogP contribution in [-0.2, 0) is 11.2 Å². The molecule has 7 nitrogen and oxygen atoms in total. The van der Waals surface area contributed by atoms with Crippen LogP contribution in [0.4, 0.5) is 0 Å². The number of nitrogens with one attached hydrogen (secondary N) is 1. The Morgan fingerprint density at radius 3 is 2.33 bits per heavy atom. The second-order valence-corrected chi connectivity index (χ2v) is 6.95. The van der Waals surface area contributed by atoms with Crippen molar-refractivity contribution in [2.24, 2.45) is 5.73 Å². The fourth-order valence-electron chi connectivity index (χ4n) is 2.48. The maximum absolute atomic E-state index is 12.2. The van der Waals surface area contributed by atoms with Crippen LogP contribution in [0.5, 0.6) is 0 Å². The fourth-order valence-corrected chi connectivity index (χ4v) is 2.48. The third kappa shape index (κ3) is 4.38. The first kappa shape index (κ1) is 18.1. The Morgan fingerprint density at radius 1 is 1.21 bits per heavy atom. The molecule has 2 aromatic rings. The second-order valence-electron chi connectivity index (χ2n) is 6.95. The highest BCUT2D eigenvalue weighted by atomic mass is 16.1. The van der Waals surface area contributed by atoms with Crippen molar-refractivity contribution >= 4 is 5.91 Å². The fraction of sp³-hybridized carbons (Fsp3) is 0.529. The maximum Gasteiger partial charge on any atom is 0.251 e. The average Bonchev–Trinajstić information content (AvgIpc) is 2.71. The van der Waals surface area contributed by atoms with Gasteiger partial charge in [0.05, 0.1) is 12.1 Å². The van der Waals surface area contributed by atoms with Gasteiger partial charge >= 0.3 is 0 Å². The van der Waals surface area contributed by atoms with Gasteiger partial charge in [-0.3, -0.25) is 4.79 Å². The molecule has 24 heavy (non-hydrogen) atoms. The van der Waals surface area contributed by atoms with E-state index in [-0.39, 0.29) is 12.3 Å². The monoisotopic (exact) mass is 330 g/mol. The summed E-state index contributed by atoms with van der Waals surface area (Å²) in [7, 11) is 0. The number of carbonyl (C=O) groups excluding carboxylic acids is 1. The lowest BCUT2D eigenvalue weighted by Gasteiger charge is -2.18. The summed E-state index contributed by atoms with van der Waals surface area (Å²) in [5, 5.41) is 7.37. The minimum absolute atomic E-state index is 0.0689. The van der Waals surface area contributed by atoms with E-state index in [9.17, 15) is 4.79 Å². The van der Waals surface area contributed by atoms with Crippen molar-refractivity contribution in [3.63, 3.8) is 0 Å². The Balaban J connectivity index is 2.24. The van der Waals surface area contributed by atoms with Gasteiger partial charge in [-0.25, -0.2) is 14.6 Å². The molecule has 7 heteroatoms. The van der Waals surface area contributed by atoms with E-state index < -0.39 is 5.54 Å². The number of rotatable bonds is 5. The van der Waals surface area contributed by atoms with Crippen molar-refractivity contribution in [3.05, 3.63) is 34.4 Å². The zero-order valence-electron chi connectivity index (χ0n) is 15.3. The highest BCUT2D eigenvalue weighted by Gasteiger charge is 2.19. The van der Waals surface area contributed by atoms with Crippen LogP contribution in [0.1, 0.15) is 42.2 Å². The van der Waals surface area contributed by atoms with E-state index in [1.165, 1.54) is 0 Å². The Bertz CT molecular complexity index is 737. The smallest absolute Gasteiger partial charge is 0.251 e. The van der Waals surface area contributed by atoms with Gasteiger partial charge in [-0.15, -0.1) is 0 Å². The molecule has 130 valence electrons. The van der Waals surface area contributed by atoms with E-state index in [1.807, 2.05) is 47.6 Å². The first-order chi connectivity index (χ1) is 11.1. The molecular formula is C17H26N6O. The van der Waals surface area contributed by atoms with E-state index in [1.54, 1.807) is 4.68 Å². The molecule has 0 spiro atoms. The molecule has 0 aromatic carbocycles. The number of hydrogen-bond donors (Lipinski definition) is 2. The molecule has 3 N–H and O–H groups in total. The third-order valence-corrected chi connectivity index (χ3v) is 3.68. The lowest BCUT2D eigenvalue weighted by Crippen LogP contribution is -2.45. The lowest BCUT2D eigenvalue weighted by molar-refractivity contribution is -0.120. The topological polar surface area (TPSA) is 98.7 Å². The van der Waals surface area contributed by atoms with Gasteiger partial charge in [0.25, 0.3) is 5.95 Å². The summed E-state index contributed by atoms with van der Waals surface area (Å²) in [5.41, 5.74) is 9.80. The highest BCUT2D eigenvalue weighted by molar-refractivity contribution is 5.79. The van der Waals surface area contributed by atoms with Gasteiger partial charge in [-0.1, -0.05) is 0 Å². The number of amides is 1. The number of hydrogen-bond acceptors (Lipinski definition) is 5. The van der Waals surface area contributed by atoms with E-state index in [0.29, 0.717) is 12.5 Å². The van der Waals surface area contributed by atoms with Crippen molar-refractivity contribution in [2.75, 3.05) is 6.54 Å². The molecule has 0 atom stereocenters. The zero-order chi connectivity index (χ0) is 18.1. The highest BCUT2D eigenvalue weighted by Crippen LogP contribution is 2.17. The van der Waals surface area contributed by atoms with Crippen molar-refractivity contribution in [1.29, 1.82) is 0 Å². The van der Waals surface area contributed by atoms with Crippen LogP contribution in [0.25, 0.3) is 5.95 Å². The van der Waals surface area contributed by atoms with Crippen molar-refractivity contribution in [2.45, 2.75) is 53.5 Å². The molecule has 0 unspecified atom stereocenters. The third-order valence-electron chi connectivity index (χ3n) is 3.68. The predicted octanol–water partition coefficient (Wildman–Crippen LogP) is 1.29. The number of carbonyl (C=O) groups is 1. The summed E-state index contributed by atoms with van der Waals surface area (Å²) in [6.07, 6.45) is 0.262. The van der Waals surface area contributed by atoms with Crippen molar-refractivity contribution in [1.82, 2.24) is 25.1 Å². The van der Waals surface area contributed by atoms with E-state index in [4.69, 9.17) is 5.73 Å². The molecule has 0 aliphatic rings. The summed E-state index contributed by atoms with van der Waals surface area (Å²) in [4.78, 5) is 21.1. The van der Waals surface area contributed by atoms with E-state index in [2.05, 4.69) is 20.4 Å². The van der Waals surface area contributed by atoms with Gasteiger partial charge < -0.3 is 11.1 Å². The van der Waals surface area contributed by atoms with Crippen LogP contribution in [-0.4, -0.2) is 37.7 Å². The van der Waals surface area contributed by atoms with Crippen LogP contribution in [0.3, 0.4) is 0 Å². The summed E-state index contributed by atoms with van der Waals surface area (Å²) in [5.74, 6) is 0.462. The minimum atomic E-state index is -0.434. The summed E-state index contributed by atoms with van der Waals surface area (Å²) >= 11 is 0.